The zero-order chi connectivity index (χ0) is 32.3. The van der Waals surface area contributed by atoms with Gasteiger partial charge in [-0.25, -0.2) is 0 Å². The van der Waals surface area contributed by atoms with Crippen LogP contribution in [0.2, 0.25) is 0 Å². The molecule has 2 amide bonds. The van der Waals surface area contributed by atoms with E-state index < -0.39 is 52.8 Å². The molecule has 46 heavy (non-hydrogen) atoms. The Morgan fingerprint density at radius 1 is 0.891 bits per heavy atom. The van der Waals surface area contributed by atoms with E-state index in [0.717, 1.165) is 10.5 Å². The number of para-hydroxylation sites is 1. The van der Waals surface area contributed by atoms with Crippen LogP contribution < -0.4 is 0 Å². The third-order valence-corrected chi connectivity index (χ3v) is 10.6. The monoisotopic (exact) mass is 615 g/mol. The molecule has 8 heteroatoms. The highest BCUT2D eigenvalue weighted by molar-refractivity contribution is 6.31. The van der Waals surface area contributed by atoms with Gasteiger partial charge in [-0.3, -0.25) is 28.9 Å². The van der Waals surface area contributed by atoms with E-state index in [0.29, 0.717) is 27.8 Å². The molecule has 0 aromatic heterocycles. The quantitative estimate of drug-likeness (QED) is 0.295. The summed E-state index contributed by atoms with van der Waals surface area (Å²) < 4.78 is 0. The van der Waals surface area contributed by atoms with E-state index in [4.69, 9.17) is 0 Å². The standard InChI is InChI=1S/C38H33NO7/c1-21-9-8-14-26(34(21)43)33-24-15-16-25-32(37(46)39(36(25)45)18-17-31(41)42)28(24)19-29-35(44)27(22-10-4-2-5-11-22)20-30(40)38(29,33)23-12-6-3-7-13-23/h2-15,20,25,28-29,32-33,43H,16-19H2,1H3,(H,41,42)/t25-,28+,29-,32-,33+,38-/m0/s1. The van der Waals surface area contributed by atoms with Gasteiger partial charge in [0.05, 0.1) is 23.7 Å². The zero-order valence-corrected chi connectivity index (χ0v) is 25.3. The third-order valence-electron chi connectivity index (χ3n) is 10.6. The highest BCUT2D eigenvalue weighted by atomic mass is 16.4. The second-order valence-corrected chi connectivity index (χ2v) is 12.8. The maximum absolute atomic E-state index is 15.0. The number of phenols is 1. The first-order chi connectivity index (χ1) is 22.2. The molecular weight excluding hydrogens is 582 g/mol. The van der Waals surface area contributed by atoms with Crippen molar-refractivity contribution in [2.45, 2.75) is 37.5 Å². The third kappa shape index (κ3) is 4.23. The molecule has 4 aliphatic rings. The number of aliphatic carboxylic acids is 1. The van der Waals surface area contributed by atoms with Crippen LogP contribution in [-0.4, -0.2) is 51.0 Å². The van der Waals surface area contributed by atoms with Crippen LogP contribution in [0.3, 0.4) is 0 Å². The fourth-order valence-electron chi connectivity index (χ4n) is 8.63. The number of likely N-dealkylation sites (tertiary alicyclic amines) is 1. The molecule has 7 rings (SSSR count). The number of fused-ring (bicyclic) bond motifs is 4. The fraction of sp³-hybridized carbons (Fsp3) is 0.289. The molecule has 6 atom stereocenters. The molecule has 8 nitrogen and oxygen atoms in total. The van der Waals surface area contributed by atoms with Crippen molar-refractivity contribution >= 4 is 34.9 Å². The number of hydrogen-bond donors (Lipinski definition) is 2. The lowest BCUT2D eigenvalue weighted by Gasteiger charge is -2.55. The van der Waals surface area contributed by atoms with Gasteiger partial charge in [-0.2, -0.15) is 0 Å². The van der Waals surface area contributed by atoms with E-state index >= 15 is 0 Å². The number of benzene rings is 3. The number of rotatable bonds is 6. The largest absolute Gasteiger partial charge is 0.507 e. The van der Waals surface area contributed by atoms with Crippen molar-refractivity contribution in [1.29, 1.82) is 0 Å². The van der Waals surface area contributed by atoms with Gasteiger partial charge in [0.15, 0.2) is 11.6 Å². The van der Waals surface area contributed by atoms with Crippen LogP contribution in [0.25, 0.3) is 5.57 Å². The number of carboxylic acids is 1. The van der Waals surface area contributed by atoms with Crippen molar-refractivity contribution in [3.8, 4) is 5.75 Å². The van der Waals surface area contributed by atoms with E-state index in [-0.39, 0.29) is 43.1 Å². The first kappa shape index (κ1) is 29.6. The highest BCUT2D eigenvalue weighted by Gasteiger charge is 2.66. The molecule has 0 unspecified atom stereocenters. The Kier molecular flexibility index (Phi) is 7.11. The van der Waals surface area contributed by atoms with Crippen molar-refractivity contribution in [3.63, 3.8) is 0 Å². The first-order valence-corrected chi connectivity index (χ1v) is 15.6. The minimum absolute atomic E-state index is 0.0141. The van der Waals surface area contributed by atoms with E-state index in [1.807, 2.05) is 60.7 Å². The zero-order valence-electron chi connectivity index (χ0n) is 25.3. The second-order valence-electron chi connectivity index (χ2n) is 12.8. The van der Waals surface area contributed by atoms with Crippen LogP contribution in [0.1, 0.15) is 47.4 Å². The molecular formula is C38H33NO7. The predicted molar refractivity (Wildman–Crippen MR) is 168 cm³/mol. The summed E-state index contributed by atoms with van der Waals surface area (Å²) in [5.41, 5.74) is 1.98. The summed E-state index contributed by atoms with van der Waals surface area (Å²) in [4.78, 5) is 69.7. The molecule has 3 aliphatic carbocycles. The summed E-state index contributed by atoms with van der Waals surface area (Å²) >= 11 is 0. The van der Waals surface area contributed by atoms with Gasteiger partial charge in [-0.15, -0.1) is 0 Å². The van der Waals surface area contributed by atoms with Gasteiger partial charge in [0.2, 0.25) is 11.8 Å². The molecule has 1 saturated carbocycles. The van der Waals surface area contributed by atoms with Crippen molar-refractivity contribution in [2.24, 2.45) is 23.7 Å². The molecule has 2 N–H and O–H groups in total. The number of aromatic hydroxyl groups is 1. The average Bonchev–Trinajstić information content (AvgIpc) is 3.31. The molecule has 0 bridgehead atoms. The molecule has 1 aliphatic heterocycles. The van der Waals surface area contributed by atoms with Gasteiger partial charge in [-0.05, 0) is 48.4 Å². The van der Waals surface area contributed by atoms with E-state index in [9.17, 15) is 34.2 Å². The summed E-state index contributed by atoms with van der Waals surface area (Å²) in [6, 6.07) is 23.6. The number of carboxylic acid groups (broad SMARTS) is 1. The number of amides is 2. The van der Waals surface area contributed by atoms with Crippen molar-refractivity contribution < 1.29 is 34.2 Å². The minimum Gasteiger partial charge on any atom is -0.507 e. The molecule has 2 fully saturated rings. The minimum atomic E-state index is -1.42. The topological polar surface area (TPSA) is 129 Å². The van der Waals surface area contributed by atoms with Crippen molar-refractivity contribution in [2.75, 3.05) is 6.54 Å². The summed E-state index contributed by atoms with van der Waals surface area (Å²) in [7, 11) is 0. The smallest absolute Gasteiger partial charge is 0.305 e. The maximum Gasteiger partial charge on any atom is 0.305 e. The SMILES string of the molecule is Cc1cccc([C@H]2C3=CC[C@@H]4C(=O)N(CCC(=O)O)C(=O)[C@@H]4[C@@H]3C[C@H]3C(=O)C(c4ccccc4)=CC(=O)[C@@]23c2ccccc2)c1O. The predicted octanol–water partition coefficient (Wildman–Crippen LogP) is 5.00. The maximum atomic E-state index is 15.0. The first-order valence-electron chi connectivity index (χ1n) is 15.6. The number of Topliss-reactive ketones (excluding diaryl/α,β-unsaturated/α-hetero) is 1. The summed E-state index contributed by atoms with van der Waals surface area (Å²) in [5, 5.41) is 20.9. The summed E-state index contributed by atoms with van der Waals surface area (Å²) in [6.07, 6.45) is 3.40. The van der Waals surface area contributed by atoms with E-state index in [2.05, 4.69) is 0 Å². The Balaban J connectivity index is 1.48. The fourth-order valence-corrected chi connectivity index (χ4v) is 8.63. The summed E-state index contributed by atoms with van der Waals surface area (Å²) in [5.74, 6) is -6.23. The van der Waals surface area contributed by atoms with Crippen molar-refractivity contribution in [3.05, 3.63) is 119 Å². The lowest BCUT2D eigenvalue weighted by atomic mass is 9.44. The number of imide groups is 1. The molecule has 3 aromatic rings. The summed E-state index contributed by atoms with van der Waals surface area (Å²) in [6.45, 7) is 1.55. The Morgan fingerprint density at radius 3 is 2.28 bits per heavy atom. The van der Waals surface area contributed by atoms with Gasteiger partial charge in [0.25, 0.3) is 0 Å². The number of phenolic OH excluding ortho intramolecular Hbond substituents is 1. The lowest BCUT2D eigenvalue weighted by Crippen LogP contribution is -2.58. The van der Waals surface area contributed by atoms with Gasteiger partial charge in [0, 0.05) is 29.5 Å². The van der Waals surface area contributed by atoms with Gasteiger partial charge < -0.3 is 10.2 Å². The Morgan fingerprint density at radius 2 is 1.59 bits per heavy atom. The molecule has 1 saturated heterocycles. The molecule has 232 valence electrons. The van der Waals surface area contributed by atoms with Crippen LogP contribution in [0, 0.1) is 30.6 Å². The van der Waals surface area contributed by atoms with Crippen LogP contribution >= 0.6 is 0 Å². The van der Waals surface area contributed by atoms with Crippen LogP contribution in [-0.2, 0) is 29.4 Å². The van der Waals surface area contributed by atoms with E-state index in [1.165, 1.54) is 6.08 Å². The number of carbonyl (C=O) groups excluding carboxylic acids is 4. The highest BCUT2D eigenvalue weighted by Crippen LogP contribution is 2.64. The Labute approximate surface area is 266 Å². The average molecular weight is 616 g/mol. The molecule has 3 aromatic carbocycles. The van der Waals surface area contributed by atoms with Crippen LogP contribution in [0.15, 0.2) is 96.6 Å². The molecule has 1 heterocycles. The number of nitrogens with zero attached hydrogens (tertiary/aromatic N) is 1. The normalized spacial score (nSPS) is 28.6. The second kappa shape index (κ2) is 11.1. The number of hydrogen-bond acceptors (Lipinski definition) is 6. The van der Waals surface area contributed by atoms with Gasteiger partial charge in [0.1, 0.15) is 5.75 Å². The number of allylic oxidation sites excluding steroid dienone is 4. The molecule has 0 spiro atoms. The van der Waals surface area contributed by atoms with Crippen LogP contribution in [0.5, 0.6) is 5.75 Å². The molecule has 0 radical (unpaired) electrons. The Hall–Kier alpha value is -5.11. The number of aryl methyl sites for hydroxylation is 1. The van der Waals surface area contributed by atoms with Gasteiger partial charge in [-0.1, -0.05) is 90.5 Å². The van der Waals surface area contributed by atoms with Crippen molar-refractivity contribution in [1.82, 2.24) is 4.90 Å². The van der Waals surface area contributed by atoms with Gasteiger partial charge >= 0.3 is 5.97 Å². The number of carbonyl (C=O) groups is 5. The van der Waals surface area contributed by atoms with Crippen LogP contribution in [0.4, 0.5) is 0 Å². The Bertz CT molecular complexity index is 1860. The lowest BCUT2D eigenvalue weighted by molar-refractivity contribution is -0.142. The number of ketones is 2. The van der Waals surface area contributed by atoms with E-state index in [1.54, 1.807) is 31.2 Å².